The van der Waals surface area contributed by atoms with E-state index in [0.717, 1.165) is 0 Å². The molecule has 0 aromatic carbocycles. The summed E-state index contributed by atoms with van der Waals surface area (Å²) in [6, 6.07) is 3.25. The number of ether oxygens (including phenoxy) is 2. The van der Waals surface area contributed by atoms with Gasteiger partial charge in [0.25, 0.3) is 0 Å². The van der Waals surface area contributed by atoms with E-state index in [1.165, 1.54) is 11.0 Å². The van der Waals surface area contributed by atoms with Crippen molar-refractivity contribution in [2.75, 3.05) is 6.54 Å². The number of aryl methyl sites for hydroxylation is 1. The highest BCUT2D eigenvalue weighted by atomic mass is 16.6. The zero-order valence-electron chi connectivity index (χ0n) is 16.1. The lowest BCUT2D eigenvalue weighted by molar-refractivity contribution is -0.165. The molecule has 1 aromatic rings. The fraction of sp³-hybridized carbons (Fsp3) is 0.579. The SMILES string of the molecule is Cc1ccc([C@H](O)[C@@]2(C(=O)OC(C)C)C=CCN2C(=O)OC(C)(C)C)o1. The lowest BCUT2D eigenvalue weighted by Gasteiger charge is -2.39. The van der Waals surface area contributed by atoms with E-state index in [1.807, 2.05) is 0 Å². The van der Waals surface area contributed by atoms with Crippen LogP contribution in [0.3, 0.4) is 0 Å². The molecule has 2 atom stereocenters. The van der Waals surface area contributed by atoms with Crippen LogP contribution in [0.25, 0.3) is 0 Å². The van der Waals surface area contributed by atoms with E-state index < -0.39 is 35.4 Å². The molecule has 0 spiro atoms. The van der Waals surface area contributed by atoms with Crippen molar-refractivity contribution in [3.8, 4) is 0 Å². The monoisotopic (exact) mass is 365 g/mol. The summed E-state index contributed by atoms with van der Waals surface area (Å²) in [5, 5.41) is 11.0. The highest BCUT2D eigenvalue weighted by Crippen LogP contribution is 2.39. The number of aliphatic hydroxyl groups is 1. The van der Waals surface area contributed by atoms with Crippen molar-refractivity contribution in [3.63, 3.8) is 0 Å². The Labute approximate surface area is 153 Å². The third-order valence-electron chi connectivity index (χ3n) is 3.84. The number of amides is 1. The van der Waals surface area contributed by atoms with Gasteiger partial charge in [-0.15, -0.1) is 0 Å². The fourth-order valence-corrected chi connectivity index (χ4v) is 2.78. The second-order valence-electron chi connectivity index (χ2n) is 7.62. The third kappa shape index (κ3) is 3.93. The summed E-state index contributed by atoms with van der Waals surface area (Å²) >= 11 is 0. The molecule has 2 heterocycles. The van der Waals surface area contributed by atoms with E-state index in [0.29, 0.717) is 5.76 Å². The number of esters is 1. The minimum Gasteiger partial charge on any atom is -0.463 e. The minimum atomic E-state index is -1.75. The van der Waals surface area contributed by atoms with Gasteiger partial charge in [0.1, 0.15) is 23.2 Å². The van der Waals surface area contributed by atoms with Crippen LogP contribution in [0.15, 0.2) is 28.7 Å². The third-order valence-corrected chi connectivity index (χ3v) is 3.84. The van der Waals surface area contributed by atoms with E-state index in [4.69, 9.17) is 13.9 Å². The Morgan fingerprint density at radius 2 is 1.96 bits per heavy atom. The molecule has 1 aliphatic rings. The molecule has 0 unspecified atom stereocenters. The van der Waals surface area contributed by atoms with Crippen LogP contribution in [0.2, 0.25) is 0 Å². The predicted octanol–water partition coefficient (Wildman–Crippen LogP) is 3.12. The smallest absolute Gasteiger partial charge is 0.411 e. The van der Waals surface area contributed by atoms with Crippen LogP contribution in [0, 0.1) is 6.92 Å². The standard InChI is InChI=1S/C19H27NO6/c1-12(2)24-16(22)19(15(21)14-9-8-13(3)25-14)10-7-11-20(19)17(23)26-18(4,5)6/h7-10,12,15,21H,11H2,1-6H3/t15-,19+/m0/s1. The van der Waals surface area contributed by atoms with Gasteiger partial charge in [0.2, 0.25) is 0 Å². The van der Waals surface area contributed by atoms with Crippen molar-refractivity contribution in [1.82, 2.24) is 4.90 Å². The van der Waals surface area contributed by atoms with Crippen LogP contribution in [0.1, 0.15) is 52.2 Å². The zero-order valence-corrected chi connectivity index (χ0v) is 16.1. The Kier molecular flexibility index (Phi) is 5.51. The maximum absolute atomic E-state index is 13.0. The number of carbonyl (C=O) groups is 2. The molecule has 1 aliphatic heterocycles. The van der Waals surface area contributed by atoms with Crippen molar-refractivity contribution in [2.24, 2.45) is 0 Å². The van der Waals surface area contributed by atoms with Crippen LogP contribution in [-0.4, -0.2) is 45.9 Å². The molecule has 1 aromatic heterocycles. The number of hydrogen-bond acceptors (Lipinski definition) is 6. The Morgan fingerprint density at radius 3 is 2.46 bits per heavy atom. The Bertz CT molecular complexity index is 699. The predicted molar refractivity (Wildman–Crippen MR) is 94.4 cm³/mol. The van der Waals surface area contributed by atoms with Crippen LogP contribution < -0.4 is 0 Å². The highest BCUT2D eigenvalue weighted by molar-refractivity contribution is 5.90. The summed E-state index contributed by atoms with van der Waals surface area (Å²) in [7, 11) is 0. The molecular formula is C19H27NO6. The topological polar surface area (TPSA) is 89.2 Å². The summed E-state index contributed by atoms with van der Waals surface area (Å²) in [6.07, 6.45) is 0.535. The second-order valence-corrected chi connectivity index (χ2v) is 7.62. The first-order valence-electron chi connectivity index (χ1n) is 8.61. The van der Waals surface area contributed by atoms with Crippen molar-refractivity contribution in [2.45, 2.75) is 64.9 Å². The molecule has 7 heteroatoms. The summed E-state index contributed by atoms with van der Waals surface area (Å²) in [4.78, 5) is 26.8. The van der Waals surface area contributed by atoms with Gasteiger partial charge in [-0.3, -0.25) is 4.90 Å². The van der Waals surface area contributed by atoms with Gasteiger partial charge in [-0.2, -0.15) is 0 Å². The summed E-state index contributed by atoms with van der Waals surface area (Å²) in [5.74, 6) is 0.00852. The number of hydrogen-bond donors (Lipinski definition) is 1. The number of furan rings is 1. The zero-order chi connectivity index (χ0) is 19.7. The molecule has 0 fully saturated rings. The maximum atomic E-state index is 13.0. The van der Waals surface area contributed by atoms with Crippen LogP contribution in [0.5, 0.6) is 0 Å². The quantitative estimate of drug-likeness (QED) is 0.651. The normalized spacial score (nSPS) is 21.2. The molecule has 144 valence electrons. The van der Waals surface area contributed by atoms with Gasteiger partial charge < -0.3 is 19.0 Å². The van der Waals surface area contributed by atoms with Crippen molar-refractivity contribution < 1.29 is 28.6 Å². The van der Waals surface area contributed by atoms with E-state index in [-0.39, 0.29) is 12.3 Å². The van der Waals surface area contributed by atoms with Gasteiger partial charge in [-0.25, -0.2) is 9.59 Å². The molecule has 1 amide bonds. The first kappa shape index (κ1) is 20.0. The van der Waals surface area contributed by atoms with Gasteiger partial charge in [-0.05, 0) is 59.8 Å². The molecule has 0 aliphatic carbocycles. The second kappa shape index (κ2) is 7.15. The van der Waals surface area contributed by atoms with Gasteiger partial charge in [0, 0.05) is 6.54 Å². The lowest BCUT2D eigenvalue weighted by Crippen LogP contribution is -2.58. The average Bonchev–Trinajstić information content (AvgIpc) is 3.10. The first-order chi connectivity index (χ1) is 12.0. The van der Waals surface area contributed by atoms with Gasteiger partial charge in [-0.1, -0.05) is 6.08 Å². The molecule has 1 N–H and O–H groups in total. The Morgan fingerprint density at radius 1 is 1.31 bits per heavy atom. The molecular weight excluding hydrogens is 338 g/mol. The molecule has 7 nitrogen and oxygen atoms in total. The van der Waals surface area contributed by atoms with Gasteiger partial charge in [0.05, 0.1) is 6.10 Å². The van der Waals surface area contributed by atoms with Crippen molar-refractivity contribution in [3.05, 3.63) is 35.8 Å². The summed E-state index contributed by atoms with van der Waals surface area (Å²) in [5.41, 5.74) is -2.50. The van der Waals surface area contributed by atoms with E-state index >= 15 is 0 Å². The Hall–Kier alpha value is -2.28. The molecule has 0 saturated carbocycles. The van der Waals surface area contributed by atoms with Crippen LogP contribution in [0.4, 0.5) is 4.79 Å². The number of aliphatic hydroxyl groups excluding tert-OH is 1. The Balaban J connectivity index is 2.47. The van der Waals surface area contributed by atoms with Gasteiger partial charge >= 0.3 is 12.1 Å². The summed E-state index contributed by atoms with van der Waals surface area (Å²) in [6.45, 7) is 10.4. The molecule has 2 rings (SSSR count). The molecule has 26 heavy (non-hydrogen) atoms. The molecule has 0 radical (unpaired) electrons. The molecule has 0 saturated heterocycles. The van der Waals surface area contributed by atoms with Crippen LogP contribution >= 0.6 is 0 Å². The minimum absolute atomic E-state index is 0.110. The number of rotatable bonds is 4. The highest BCUT2D eigenvalue weighted by Gasteiger charge is 2.56. The largest absolute Gasteiger partial charge is 0.463 e. The average molecular weight is 365 g/mol. The maximum Gasteiger partial charge on any atom is 0.411 e. The van der Waals surface area contributed by atoms with Crippen molar-refractivity contribution >= 4 is 12.1 Å². The van der Waals surface area contributed by atoms with E-state index in [9.17, 15) is 14.7 Å². The van der Waals surface area contributed by atoms with Crippen LogP contribution in [-0.2, 0) is 14.3 Å². The van der Waals surface area contributed by atoms with E-state index in [2.05, 4.69) is 0 Å². The lowest BCUT2D eigenvalue weighted by atomic mass is 9.90. The first-order valence-corrected chi connectivity index (χ1v) is 8.61. The summed E-state index contributed by atoms with van der Waals surface area (Å²) < 4.78 is 16.3. The fourth-order valence-electron chi connectivity index (χ4n) is 2.78. The van der Waals surface area contributed by atoms with Gasteiger partial charge in [0.15, 0.2) is 5.54 Å². The number of nitrogens with zero attached hydrogens (tertiary/aromatic N) is 1. The number of carbonyl (C=O) groups excluding carboxylic acids is 2. The molecule has 0 bridgehead atoms. The van der Waals surface area contributed by atoms with E-state index in [1.54, 1.807) is 59.8 Å². The van der Waals surface area contributed by atoms with Crippen molar-refractivity contribution in [1.29, 1.82) is 0 Å².